The van der Waals surface area contributed by atoms with Gasteiger partial charge in [0.05, 0.1) is 27.5 Å². The van der Waals surface area contributed by atoms with Crippen molar-refractivity contribution in [3.8, 4) is 11.3 Å². The lowest BCUT2D eigenvalue weighted by Gasteiger charge is -1.98. The number of H-pyrrole nitrogens is 1. The van der Waals surface area contributed by atoms with Gasteiger partial charge >= 0.3 is 0 Å². The van der Waals surface area contributed by atoms with Crippen molar-refractivity contribution >= 4 is 33.4 Å². The van der Waals surface area contributed by atoms with E-state index in [9.17, 15) is 4.79 Å². The van der Waals surface area contributed by atoms with Crippen molar-refractivity contribution < 1.29 is 0 Å². The molecule has 2 aromatic carbocycles. The van der Waals surface area contributed by atoms with Crippen molar-refractivity contribution in [2.24, 2.45) is 0 Å². The number of aromatic amines is 1. The zero-order valence-corrected chi connectivity index (χ0v) is 13.8. The number of hydrogen-bond acceptors (Lipinski definition) is 4. The minimum atomic E-state index is -0.0473. The number of rotatable bonds is 2. The molecule has 0 fully saturated rings. The largest absolute Gasteiger partial charge is 0.277 e. The number of benzene rings is 2. The Morgan fingerprint density at radius 3 is 2.72 bits per heavy atom. The Morgan fingerprint density at radius 2 is 1.84 bits per heavy atom. The molecule has 0 atom stereocenters. The third-order valence-corrected chi connectivity index (χ3v) is 5.13. The summed E-state index contributed by atoms with van der Waals surface area (Å²) in [7, 11) is 0. The molecule has 5 nitrogen and oxygen atoms in total. The number of nitrogens with zero attached hydrogens (tertiary/aromatic N) is 3. The van der Waals surface area contributed by atoms with Crippen LogP contribution in [-0.4, -0.2) is 19.6 Å². The van der Waals surface area contributed by atoms with Gasteiger partial charge in [-0.2, -0.15) is 5.10 Å². The van der Waals surface area contributed by atoms with Crippen molar-refractivity contribution in [3.63, 3.8) is 0 Å². The number of aromatic nitrogens is 4. The smallest absolute Gasteiger partial charge is 0.274 e. The Labute approximate surface area is 145 Å². The average Bonchev–Trinajstić information content (AvgIpc) is 3.32. The molecule has 120 valence electrons. The van der Waals surface area contributed by atoms with Gasteiger partial charge in [-0.05, 0) is 18.2 Å². The lowest BCUT2D eigenvalue weighted by atomic mass is 10.1. The second-order valence-electron chi connectivity index (χ2n) is 5.70. The summed E-state index contributed by atoms with van der Waals surface area (Å²) in [5.74, 6) is 0. The molecule has 5 aromatic rings. The van der Waals surface area contributed by atoms with Crippen LogP contribution in [0.25, 0.3) is 33.3 Å². The molecule has 0 unspecified atom stereocenters. The molecule has 0 aliphatic heterocycles. The molecular weight excluding hydrogens is 332 g/mol. The fourth-order valence-corrected chi connectivity index (χ4v) is 3.97. The van der Waals surface area contributed by atoms with Crippen molar-refractivity contribution in [1.82, 2.24) is 19.6 Å². The van der Waals surface area contributed by atoms with Crippen LogP contribution >= 0.6 is 11.3 Å². The highest BCUT2D eigenvalue weighted by molar-refractivity contribution is 7.15. The van der Waals surface area contributed by atoms with E-state index in [0.717, 1.165) is 27.9 Å². The number of hydrogen-bond donors (Lipinski definition) is 1. The van der Waals surface area contributed by atoms with Crippen molar-refractivity contribution in [2.75, 3.05) is 0 Å². The number of imidazole rings is 1. The maximum Gasteiger partial charge on any atom is 0.274 e. The highest BCUT2D eigenvalue weighted by Crippen LogP contribution is 2.21. The number of fused-ring (bicyclic) bond motifs is 3. The lowest BCUT2D eigenvalue weighted by molar-refractivity contribution is 1.10. The summed E-state index contributed by atoms with van der Waals surface area (Å²) in [5.41, 5.74) is 4.45. The van der Waals surface area contributed by atoms with Crippen LogP contribution in [0.15, 0.2) is 65.6 Å². The minimum Gasteiger partial charge on any atom is -0.277 e. The monoisotopic (exact) mass is 344 g/mol. The molecule has 0 spiro atoms. The maximum absolute atomic E-state index is 12.8. The average molecular weight is 344 g/mol. The van der Waals surface area contributed by atoms with E-state index in [1.807, 2.05) is 60.7 Å². The van der Waals surface area contributed by atoms with Gasteiger partial charge in [0.25, 0.3) is 5.56 Å². The van der Waals surface area contributed by atoms with Crippen molar-refractivity contribution in [1.29, 1.82) is 0 Å². The summed E-state index contributed by atoms with van der Waals surface area (Å²) in [6.45, 7) is 0. The Kier molecular flexibility index (Phi) is 3.05. The highest BCUT2D eigenvalue weighted by atomic mass is 32.1. The molecule has 0 amide bonds. The first-order chi connectivity index (χ1) is 12.3. The molecule has 25 heavy (non-hydrogen) atoms. The normalized spacial score (nSPS) is 12.4. The molecule has 1 N–H and O–H groups in total. The van der Waals surface area contributed by atoms with Crippen LogP contribution in [0.4, 0.5) is 0 Å². The van der Waals surface area contributed by atoms with Crippen LogP contribution in [0.1, 0.15) is 5.56 Å². The van der Waals surface area contributed by atoms with E-state index in [0.29, 0.717) is 9.49 Å². The van der Waals surface area contributed by atoms with Gasteiger partial charge in [0.2, 0.25) is 0 Å². The molecule has 6 heteroatoms. The van der Waals surface area contributed by atoms with E-state index in [2.05, 4.69) is 15.2 Å². The highest BCUT2D eigenvalue weighted by Gasteiger charge is 2.12. The summed E-state index contributed by atoms with van der Waals surface area (Å²) < 4.78 is 2.32. The fraction of sp³-hybridized carbons (Fsp3) is 0. The Hall–Kier alpha value is -3.25. The second-order valence-corrected chi connectivity index (χ2v) is 6.71. The molecule has 0 saturated carbocycles. The Morgan fingerprint density at radius 1 is 1.04 bits per heavy atom. The SMILES string of the molecule is O=c1c(=Cc2cn[nH]c2-c2ccccc2)sc2nc3ccccc3n12. The van der Waals surface area contributed by atoms with E-state index in [1.165, 1.54) is 11.3 Å². The maximum atomic E-state index is 12.8. The predicted molar refractivity (Wildman–Crippen MR) is 99.7 cm³/mol. The third kappa shape index (κ3) is 2.19. The summed E-state index contributed by atoms with van der Waals surface area (Å²) in [4.78, 5) is 18.1. The van der Waals surface area contributed by atoms with Gasteiger partial charge < -0.3 is 0 Å². The van der Waals surface area contributed by atoms with Crippen molar-refractivity contribution in [2.45, 2.75) is 0 Å². The van der Waals surface area contributed by atoms with Crippen LogP contribution in [0.3, 0.4) is 0 Å². The number of para-hydroxylation sites is 2. The van der Waals surface area contributed by atoms with Gasteiger partial charge in [-0.15, -0.1) is 0 Å². The van der Waals surface area contributed by atoms with Gasteiger partial charge in [-0.3, -0.25) is 9.89 Å². The van der Waals surface area contributed by atoms with Gasteiger partial charge in [-0.25, -0.2) is 9.38 Å². The quantitative estimate of drug-likeness (QED) is 0.536. The molecular formula is C19H12N4OS. The first-order valence-corrected chi connectivity index (χ1v) is 8.63. The first-order valence-electron chi connectivity index (χ1n) is 7.82. The third-order valence-electron chi connectivity index (χ3n) is 4.16. The van der Waals surface area contributed by atoms with Gasteiger partial charge in [0, 0.05) is 11.1 Å². The van der Waals surface area contributed by atoms with Crippen LogP contribution in [-0.2, 0) is 0 Å². The van der Waals surface area contributed by atoms with Gasteiger partial charge in [0.15, 0.2) is 4.96 Å². The number of thiazole rings is 1. The first kappa shape index (κ1) is 14.1. The summed E-state index contributed by atoms with van der Waals surface area (Å²) >= 11 is 1.39. The van der Waals surface area contributed by atoms with E-state index in [4.69, 9.17) is 0 Å². The molecule has 3 heterocycles. The molecule has 0 radical (unpaired) electrons. The molecule has 3 aromatic heterocycles. The fourth-order valence-electron chi connectivity index (χ4n) is 2.99. The van der Waals surface area contributed by atoms with Crippen molar-refractivity contribution in [3.05, 3.63) is 81.2 Å². The summed E-state index contributed by atoms with van der Waals surface area (Å²) in [5, 5.41) is 7.16. The molecule has 0 saturated heterocycles. The zero-order valence-electron chi connectivity index (χ0n) is 13.0. The molecule has 0 aliphatic rings. The molecule has 5 rings (SSSR count). The van der Waals surface area contributed by atoms with E-state index in [1.54, 1.807) is 10.6 Å². The topological polar surface area (TPSA) is 63.0 Å². The Bertz CT molecular complexity index is 1310. The summed E-state index contributed by atoms with van der Waals surface area (Å²) in [6, 6.07) is 17.6. The Balaban J connectivity index is 1.74. The molecule has 0 bridgehead atoms. The lowest BCUT2D eigenvalue weighted by Crippen LogP contribution is -2.22. The van der Waals surface area contributed by atoms with Gasteiger partial charge in [-0.1, -0.05) is 53.8 Å². The standard InChI is InChI=1S/C19H12N4OS/c24-18-16(25-19-21-14-8-4-5-9-15(14)23(18)19)10-13-11-20-22-17(13)12-6-2-1-3-7-12/h1-11H,(H,20,22). The van der Waals surface area contributed by atoms with E-state index >= 15 is 0 Å². The molecule has 0 aliphatic carbocycles. The summed E-state index contributed by atoms with van der Waals surface area (Å²) in [6.07, 6.45) is 3.62. The number of nitrogens with one attached hydrogen (secondary N) is 1. The van der Waals surface area contributed by atoms with Crippen LogP contribution in [0, 0.1) is 0 Å². The zero-order chi connectivity index (χ0) is 16.8. The second kappa shape index (κ2) is 5.39. The van der Waals surface area contributed by atoms with E-state index < -0.39 is 0 Å². The van der Waals surface area contributed by atoms with Gasteiger partial charge in [0.1, 0.15) is 0 Å². The predicted octanol–water partition coefficient (Wildman–Crippen LogP) is 2.85. The van der Waals surface area contributed by atoms with Crippen LogP contribution in [0.2, 0.25) is 0 Å². The van der Waals surface area contributed by atoms with E-state index in [-0.39, 0.29) is 5.56 Å². The van der Waals surface area contributed by atoms with Crippen LogP contribution in [0.5, 0.6) is 0 Å². The van der Waals surface area contributed by atoms with Crippen LogP contribution < -0.4 is 10.1 Å². The minimum absolute atomic E-state index is 0.0473.